The van der Waals surface area contributed by atoms with E-state index in [-0.39, 0.29) is 23.0 Å². The Hall–Kier alpha value is -3.36. The lowest BCUT2D eigenvalue weighted by atomic mass is 10.1. The second kappa shape index (κ2) is 12.3. The van der Waals surface area contributed by atoms with Crippen molar-refractivity contribution in [2.75, 3.05) is 17.4 Å². The van der Waals surface area contributed by atoms with Crippen molar-refractivity contribution in [3.8, 4) is 0 Å². The van der Waals surface area contributed by atoms with Gasteiger partial charge in [0.05, 0.1) is 10.6 Å². The molecule has 3 aromatic rings. The molecule has 1 unspecified atom stereocenters. The van der Waals surface area contributed by atoms with Crippen molar-refractivity contribution in [3.63, 3.8) is 0 Å². The fourth-order valence-corrected chi connectivity index (χ4v) is 5.37. The number of sulfonamides is 1. The van der Waals surface area contributed by atoms with Crippen molar-refractivity contribution in [3.05, 3.63) is 94.5 Å². The SMILES string of the molecule is CCNC(=O)C(C)N(Cc1ccccc1)C(=O)CN(c1ccc(C)c(Cl)c1)S(=O)(=O)c1ccc(C)cc1. The van der Waals surface area contributed by atoms with Crippen LogP contribution in [-0.2, 0) is 26.2 Å². The van der Waals surface area contributed by atoms with Crippen LogP contribution in [0.25, 0.3) is 0 Å². The van der Waals surface area contributed by atoms with E-state index in [0.29, 0.717) is 11.6 Å². The summed E-state index contributed by atoms with van der Waals surface area (Å²) in [6.07, 6.45) is 0. The molecule has 0 saturated heterocycles. The third-order valence-corrected chi connectivity index (χ3v) is 8.24. The molecule has 0 aliphatic carbocycles. The quantitative estimate of drug-likeness (QED) is 0.403. The number of benzene rings is 3. The summed E-state index contributed by atoms with van der Waals surface area (Å²) in [5, 5.41) is 3.12. The van der Waals surface area contributed by atoms with Crippen LogP contribution in [0.4, 0.5) is 5.69 Å². The van der Waals surface area contributed by atoms with Gasteiger partial charge in [0, 0.05) is 18.1 Å². The van der Waals surface area contributed by atoms with E-state index in [0.717, 1.165) is 21.0 Å². The predicted octanol–water partition coefficient (Wildman–Crippen LogP) is 4.71. The first-order chi connectivity index (χ1) is 17.5. The number of likely N-dealkylation sites (N-methyl/N-ethyl adjacent to an activating group) is 1. The molecule has 0 spiro atoms. The lowest BCUT2D eigenvalue weighted by molar-refractivity contribution is -0.139. The van der Waals surface area contributed by atoms with Gasteiger partial charge in [0.1, 0.15) is 12.6 Å². The molecule has 7 nitrogen and oxygen atoms in total. The van der Waals surface area contributed by atoms with Crippen LogP contribution in [0.2, 0.25) is 5.02 Å². The van der Waals surface area contributed by atoms with E-state index in [1.165, 1.54) is 23.1 Å². The molecule has 0 bridgehead atoms. The zero-order valence-corrected chi connectivity index (χ0v) is 23.0. The van der Waals surface area contributed by atoms with Crippen molar-refractivity contribution in [2.24, 2.45) is 0 Å². The minimum atomic E-state index is -4.13. The van der Waals surface area contributed by atoms with Crippen molar-refractivity contribution in [1.82, 2.24) is 10.2 Å². The molecule has 2 amide bonds. The van der Waals surface area contributed by atoms with Crippen molar-refractivity contribution >= 4 is 39.1 Å². The van der Waals surface area contributed by atoms with Gasteiger partial charge in [-0.05, 0) is 63.1 Å². The molecule has 0 fully saturated rings. The Morgan fingerprint density at radius 2 is 1.62 bits per heavy atom. The molecular formula is C28H32ClN3O4S. The number of amides is 2. The molecule has 0 aliphatic rings. The molecule has 0 radical (unpaired) electrons. The van der Waals surface area contributed by atoms with Crippen LogP contribution >= 0.6 is 11.6 Å². The molecule has 196 valence electrons. The van der Waals surface area contributed by atoms with Gasteiger partial charge in [-0.25, -0.2) is 8.42 Å². The molecule has 37 heavy (non-hydrogen) atoms. The van der Waals surface area contributed by atoms with Crippen molar-refractivity contribution in [1.29, 1.82) is 0 Å². The van der Waals surface area contributed by atoms with Gasteiger partial charge < -0.3 is 10.2 Å². The zero-order chi connectivity index (χ0) is 27.2. The highest BCUT2D eigenvalue weighted by Crippen LogP contribution is 2.28. The van der Waals surface area contributed by atoms with Crippen LogP contribution < -0.4 is 9.62 Å². The normalized spacial score (nSPS) is 12.0. The molecule has 3 rings (SSSR count). The number of rotatable bonds is 10. The van der Waals surface area contributed by atoms with Crippen LogP contribution in [0.1, 0.15) is 30.5 Å². The summed E-state index contributed by atoms with van der Waals surface area (Å²) >= 11 is 6.34. The predicted molar refractivity (Wildman–Crippen MR) is 147 cm³/mol. The van der Waals surface area contributed by atoms with Gasteiger partial charge in [0.2, 0.25) is 11.8 Å². The van der Waals surface area contributed by atoms with Crippen molar-refractivity contribution in [2.45, 2.75) is 45.2 Å². The Morgan fingerprint density at radius 1 is 0.973 bits per heavy atom. The molecule has 1 atom stereocenters. The van der Waals surface area contributed by atoms with Gasteiger partial charge in [0.15, 0.2) is 0 Å². The monoisotopic (exact) mass is 541 g/mol. The number of hydrogen-bond donors (Lipinski definition) is 1. The number of nitrogens with zero attached hydrogens (tertiary/aromatic N) is 2. The third-order valence-electron chi connectivity index (χ3n) is 6.05. The average molecular weight is 542 g/mol. The van der Waals surface area contributed by atoms with Gasteiger partial charge in [-0.2, -0.15) is 0 Å². The molecule has 0 aromatic heterocycles. The second-order valence-corrected chi connectivity index (χ2v) is 11.1. The second-order valence-electron chi connectivity index (χ2n) is 8.84. The number of anilines is 1. The molecule has 0 heterocycles. The largest absolute Gasteiger partial charge is 0.355 e. The third kappa shape index (κ3) is 6.90. The Balaban J connectivity index is 2.04. The summed E-state index contributed by atoms with van der Waals surface area (Å²) in [6.45, 7) is 7.15. The number of hydrogen-bond acceptors (Lipinski definition) is 4. The zero-order valence-electron chi connectivity index (χ0n) is 21.4. The number of nitrogens with one attached hydrogen (secondary N) is 1. The highest BCUT2D eigenvalue weighted by molar-refractivity contribution is 7.92. The van der Waals surface area contributed by atoms with Crippen LogP contribution in [0.15, 0.2) is 77.7 Å². The highest BCUT2D eigenvalue weighted by atomic mass is 35.5. The minimum Gasteiger partial charge on any atom is -0.355 e. The number of halogens is 1. The maximum absolute atomic E-state index is 13.8. The highest BCUT2D eigenvalue weighted by Gasteiger charge is 2.32. The lowest BCUT2D eigenvalue weighted by Crippen LogP contribution is -2.51. The topological polar surface area (TPSA) is 86.8 Å². The van der Waals surface area contributed by atoms with E-state index in [4.69, 9.17) is 11.6 Å². The summed E-state index contributed by atoms with van der Waals surface area (Å²) in [5.74, 6) is -0.840. The van der Waals surface area contributed by atoms with E-state index < -0.39 is 28.5 Å². The Labute approximate surface area is 224 Å². The van der Waals surface area contributed by atoms with E-state index in [1.807, 2.05) is 44.2 Å². The molecule has 9 heteroatoms. The van der Waals surface area contributed by atoms with Crippen molar-refractivity contribution < 1.29 is 18.0 Å². The number of carbonyl (C=O) groups is 2. The summed E-state index contributed by atoms with van der Waals surface area (Å²) < 4.78 is 28.6. The molecule has 3 aromatic carbocycles. The average Bonchev–Trinajstić information content (AvgIpc) is 2.88. The van der Waals surface area contributed by atoms with Crippen LogP contribution in [0.5, 0.6) is 0 Å². The minimum absolute atomic E-state index is 0.0500. The van der Waals surface area contributed by atoms with Crippen LogP contribution in [0.3, 0.4) is 0 Å². The Kier molecular flexibility index (Phi) is 9.34. The Bertz CT molecular complexity index is 1350. The maximum atomic E-state index is 13.8. The van der Waals surface area contributed by atoms with Crippen LogP contribution in [-0.4, -0.2) is 44.3 Å². The first-order valence-corrected chi connectivity index (χ1v) is 13.8. The summed E-state index contributed by atoms with van der Waals surface area (Å²) in [7, 11) is -4.13. The Morgan fingerprint density at radius 3 is 2.22 bits per heavy atom. The first kappa shape index (κ1) is 28.2. The lowest BCUT2D eigenvalue weighted by Gasteiger charge is -2.32. The molecular weight excluding hydrogens is 510 g/mol. The summed E-state index contributed by atoms with van der Waals surface area (Å²) in [6, 6.07) is 19.7. The van der Waals surface area contributed by atoms with E-state index in [9.17, 15) is 18.0 Å². The summed E-state index contributed by atoms with van der Waals surface area (Å²) in [5.41, 5.74) is 2.76. The van der Waals surface area contributed by atoms with E-state index >= 15 is 0 Å². The van der Waals surface area contributed by atoms with Gasteiger partial charge >= 0.3 is 0 Å². The van der Waals surface area contributed by atoms with Gasteiger partial charge in [0.25, 0.3) is 10.0 Å². The fraction of sp³-hybridized carbons (Fsp3) is 0.286. The standard InChI is InChI=1S/C28H32ClN3O4S/c1-5-30-28(34)22(4)31(18-23-9-7-6-8-10-23)27(33)19-32(24-14-13-21(3)26(29)17-24)37(35,36)25-15-11-20(2)12-16-25/h6-17,22H,5,18-19H2,1-4H3,(H,30,34). The van der Waals surface area contributed by atoms with E-state index in [2.05, 4.69) is 5.32 Å². The first-order valence-electron chi connectivity index (χ1n) is 12.0. The smallest absolute Gasteiger partial charge is 0.264 e. The molecule has 0 saturated carbocycles. The van der Waals surface area contributed by atoms with Gasteiger partial charge in [-0.1, -0.05) is 65.7 Å². The van der Waals surface area contributed by atoms with Gasteiger partial charge in [-0.15, -0.1) is 0 Å². The fourth-order valence-electron chi connectivity index (χ4n) is 3.79. The summed E-state index contributed by atoms with van der Waals surface area (Å²) in [4.78, 5) is 27.9. The van der Waals surface area contributed by atoms with Gasteiger partial charge in [-0.3, -0.25) is 13.9 Å². The molecule has 0 aliphatic heterocycles. The van der Waals surface area contributed by atoms with Crippen LogP contribution in [0, 0.1) is 13.8 Å². The number of aryl methyl sites for hydroxylation is 2. The number of carbonyl (C=O) groups excluding carboxylic acids is 2. The van der Waals surface area contributed by atoms with E-state index in [1.54, 1.807) is 38.1 Å². The maximum Gasteiger partial charge on any atom is 0.264 e. The molecule has 1 N–H and O–H groups in total.